The molecule has 0 radical (unpaired) electrons. The van der Waals surface area contributed by atoms with Crippen molar-refractivity contribution in [1.29, 1.82) is 0 Å². The fourth-order valence-corrected chi connectivity index (χ4v) is 4.24. The standard InChI is InChI=1S/C20H20ClN3O3S/c1-12-11-24-16(13(2)23-20(24)28-12)4-5-18(25)22-10-14-8-15(21)19-17(9-14)26-6-3-7-27-19/h4-5,8-9,11H,3,6-7,10H2,1-2H3,(H,22,25)/b5-4-. The normalized spacial score (nSPS) is 13.8. The summed E-state index contributed by atoms with van der Waals surface area (Å²) in [5, 5.41) is 3.37. The van der Waals surface area contributed by atoms with Gasteiger partial charge in [-0.1, -0.05) is 11.6 Å². The molecule has 1 N–H and O–H groups in total. The van der Waals surface area contributed by atoms with E-state index in [-0.39, 0.29) is 5.91 Å². The number of aromatic nitrogens is 2. The number of ether oxygens (including phenoxy) is 2. The van der Waals surface area contributed by atoms with Gasteiger partial charge in [0.2, 0.25) is 5.91 Å². The highest BCUT2D eigenvalue weighted by molar-refractivity contribution is 7.17. The summed E-state index contributed by atoms with van der Waals surface area (Å²) in [5.41, 5.74) is 2.66. The van der Waals surface area contributed by atoms with Gasteiger partial charge in [0.1, 0.15) is 0 Å². The molecule has 3 heterocycles. The topological polar surface area (TPSA) is 64.9 Å². The second-order valence-corrected chi connectivity index (χ2v) is 8.20. The summed E-state index contributed by atoms with van der Waals surface area (Å²) >= 11 is 7.92. The first kappa shape index (κ1) is 18.8. The van der Waals surface area contributed by atoms with Gasteiger partial charge in [-0.05, 0) is 37.6 Å². The van der Waals surface area contributed by atoms with Crippen LogP contribution in [0.4, 0.5) is 0 Å². The number of amides is 1. The fourth-order valence-electron chi connectivity index (χ4n) is 3.07. The molecule has 8 heteroatoms. The van der Waals surface area contributed by atoms with Gasteiger partial charge in [0.25, 0.3) is 0 Å². The van der Waals surface area contributed by atoms with E-state index in [9.17, 15) is 4.79 Å². The summed E-state index contributed by atoms with van der Waals surface area (Å²) < 4.78 is 13.3. The number of carbonyl (C=O) groups is 1. The number of nitrogens with zero attached hydrogens (tertiary/aromatic N) is 2. The quantitative estimate of drug-likeness (QED) is 0.647. The van der Waals surface area contributed by atoms with Crippen LogP contribution in [0.2, 0.25) is 5.02 Å². The highest BCUT2D eigenvalue weighted by Gasteiger charge is 2.16. The zero-order valence-corrected chi connectivity index (χ0v) is 17.2. The predicted octanol–water partition coefficient (Wildman–Crippen LogP) is 4.16. The van der Waals surface area contributed by atoms with E-state index >= 15 is 0 Å². The van der Waals surface area contributed by atoms with E-state index in [0.717, 1.165) is 28.3 Å². The number of carbonyl (C=O) groups excluding carboxylic acids is 1. The molecule has 0 saturated carbocycles. The van der Waals surface area contributed by atoms with Gasteiger partial charge in [-0.15, -0.1) is 11.3 Å². The lowest BCUT2D eigenvalue weighted by Crippen LogP contribution is -2.20. The Morgan fingerprint density at radius 3 is 3.04 bits per heavy atom. The van der Waals surface area contributed by atoms with Gasteiger partial charge < -0.3 is 14.8 Å². The molecule has 0 atom stereocenters. The number of hydrogen-bond acceptors (Lipinski definition) is 5. The number of rotatable bonds is 4. The molecule has 0 unspecified atom stereocenters. The third kappa shape index (κ3) is 3.86. The van der Waals surface area contributed by atoms with Crippen LogP contribution in [0.3, 0.4) is 0 Å². The summed E-state index contributed by atoms with van der Waals surface area (Å²) in [4.78, 5) is 18.9. The van der Waals surface area contributed by atoms with E-state index in [4.69, 9.17) is 21.1 Å². The van der Waals surface area contributed by atoms with Crippen molar-refractivity contribution in [2.75, 3.05) is 13.2 Å². The van der Waals surface area contributed by atoms with E-state index in [1.807, 2.05) is 30.5 Å². The zero-order valence-electron chi connectivity index (χ0n) is 15.6. The Bertz CT molecular complexity index is 1070. The molecule has 4 rings (SSSR count). The molecule has 1 aromatic carbocycles. The Morgan fingerprint density at radius 2 is 2.18 bits per heavy atom. The number of thiazole rings is 1. The Morgan fingerprint density at radius 1 is 1.36 bits per heavy atom. The van der Waals surface area contributed by atoms with Crippen molar-refractivity contribution in [2.24, 2.45) is 0 Å². The van der Waals surface area contributed by atoms with Crippen LogP contribution in [-0.2, 0) is 11.3 Å². The summed E-state index contributed by atoms with van der Waals surface area (Å²) in [7, 11) is 0. The first-order chi connectivity index (χ1) is 13.5. The molecule has 1 aliphatic rings. The van der Waals surface area contributed by atoms with Gasteiger partial charge in [-0.2, -0.15) is 0 Å². The zero-order chi connectivity index (χ0) is 19.7. The highest BCUT2D eigenvalue weighted by Crippen LogP contribution is 2.37. The number of halogens is 1. The van der Waals surface area contributed by atoms with Gasteiger partial charge in [0.05, 0.1) is 29.6 Å². The average Bonchev–Trinajstić information content (AvgIpc) is 3.02. The first-order valence-electron chi connectivity index (χ1n) is 9.00. The number of imidazole rings is 1. The minimum Gasteiger partial charge on any atom is -0.489 e. The minimum atomic E-state index is -0.190. The first-order valence-corrected chi connectivity index (χ1v) is 10.2. The Kier molecular flexibility index (Phi) is 5.28. The summed E-state index contributed by atoms with van der Waals surface area (Å²) in [6.07, 6.45) is 6.15. The van der Waals surface area contributed by atoms with Crippen LogP contribution >= 0.6 is 22.9 Å². The fraction of sp³-hybridized carbons (Fsp3) is 0.300. The van der Waals surface area contributed by atoms with E-state index in [2.05, 4.69) is 10.3 Å². The van der Waals surface area contributed by atoms with Crippen LogP contribution in [-0.4, -0.2) is 28.5 Å². The molecule has 0 bridgehead atoms. The van der Waals surface area contributed by atoms with Gasteiger partial charge in [-0.25, -0.2) is 4.98 Å². The Balaban J connectivity index is 1.44. The van der Waals surface area contributed by atoms with Gasteiger partial charge in [-0.3, -0.25) is 9.20 Å². The lowest BCUT2D eigenvalue weighted by Gasteiger charge is -2.11. The van der Waals surface area contributed by atoms with Crippen LogP contribution in [0.1, 0.15) is 28.2 Å². The second-order valence-electron chi connectivity index (χ2n) is 6.58. The largest absolute Gasteiger partial charge is 0.489 e. The average molecular weight is 418 g/mol. The molecule has 0 spiro atoms. The smallest absolute Gasteiger partial charge is 0.244 e. The molecule has 1 amide bonds. The lowest BCUT2D eigenvalue weighted by molar-refractivity contribution is -0.116. The Labute approximate surface area is 171 Å². The van der Waals surface area contributed by atoms with E-state index in [0.29, 0.717) is 36.3 Å². The molecule has 0 saturated heterocycles. The minimum absolute atomic E-state index is 0.190. The summed E-state index contributed by atoms with van der Waals surface area (Å²) in [6.45, 7) is 5.49. The van der Waals surface area contributed by atoms with Gasteiger partial charge in [0, 0.05) is 30.1 Å². The monoisotopic (exact) mass is 417 g/mol. The van der Waals surface area contributed by atoms with Crippen molar-refractivity contribution in [2.45, 2.75) is 26.8 Å². The van der Waals surface area contributed by atoms with Crippen LogP contribution in [0.5, 0.6) is 11.5 Å². The summed E-state index contributed by atoms with van der Waals surface area (Å²) in [5.74, 6) is 1.000. The molecular formula is C20H20ClN3O3S. The molecule has 0 fully saturated rings. The molecule has 146 valence electrons. The van der Waals surface area contributed by atoms with Crippen molar-refractivity contribution in [1.82, 2.24) is 14.7 Å². The third-order valence-corrected chi connectivity index (χ3v) is 5.56. The Hall–Kier alpha value is -2.51. The summed E-state index contributed by atoms with van der Waals surface area (Å²) in [6, 6.07) is 3.65. The number of aryl methyl sites for hydroxylation is 2. The van der Waals surface area contributed by atoms with Crippen molar-refractivity contribution in [3.05, 3.63) is 51.3 Å². The van der Waals surface area contributed by atoms with Crippen molar-refractivity contribution >= 4 is 39.9 Å². The predicted molar refractivity (Wildman–Crippen MR) is 110 cm³/mol. The van der Waals surface area contributed by atoms with Crippen LogP contribution in [0, 0.1) is 13.8 Å². The molecule has 3 aromatic rings. The molecular weight excluding hydrogens is 398 g/mol. The van der Waals surface area contributed by atoms with Crippen LogP contribution in [0.15, 0.2) is 24.4 Å². The maximum absolute atomic E-state index is 12.3. The maximum Gasteiger partial charge on any atom is 0.244 e. The maximum atomic E-state index is 12.3. The molecule has 28 heavy (non-hydrogen) atoms. The number of benzene rings is 1. The van der Waals surface area contributed by atoms with Gasteiger partial charge in [0.15, 0.2) is 16.5 Å². The molecule has 0 aliphatic carbocycles. The third-order valence-electron chi connectivity index (χ3n) is 4.38. The van der Waals surface area contributed by atoms with Gasteiger partial charge >= 0.3 is 0 Å². The highest BCUT2D eigenvalue weighted by atomic mass is 35.5. The van der Waals surface area contributed by atoms with Crippen molar-refractivity contribution in [3.8, 4) is 11.5 Å². The molecule has 2 aromatic heterocycles. The molecule has 1 aliphatic heterocycles. The number of hydrogen-bond donors (Lipinski definition) is 1. The van der Waals surface area contributed by atoms with Crippen LogP contribution in [0.25, 0.3) is 11.0 Å². The van der Waals surface area contributed by atoms with Crippen LogP contribution < -0.4 is 14.8 Å². The van der Waals surface area contributed by atoms with Crippen molar-refractivity contribution < 1.29 is 14.3 Å². The number of nitrogens with one attached hydrogen (secondary N) is 1. The number of fused-ring (bicyclic) bond motifs is 2. The SMILES string of the molecule is Cc1cn2c(/C=C\C(=O)NCc3cc(Cl)c4c(c3)OCCCO4)c(C)nc2s1. The molecule has 6 nitrogen and oxygen atoms in total. The van der Waals surface area contributed by atoms with Crippen molar-refractivity contribution in [3.63, 3.8) is 0 Å². The van der Waals surface area contributed by atoms with E-state index in [1.54, 1.807) is 23.5 Å². The van der Waals surface area contributed by atoms with E-state index < -0.39 is 0 Å². The lowest BCUT2D eigenvalue weighted by atomic mass is 10.2. The second kappa shape index (κ2) is 7.85. The van der Waals surface area contributed by atoms with E-state index in [1.165, 1.54) is 11.0 Å².